The lowest BCUT2D eigenvalue weighted by Crippen LogP contribution is -2.59. The van der Waals surface area contributed by atoms with Crippen LogP contribution in [0.1, 0.15) is 0 Å². The Kier molecular flexibility index (Phi) is 3.56. The van der Waals surface area contributed by atoms with E-state index in [1.807, 2.05) is 0 Å². The minimum atomic E-state index is -6.81. The van der Waals surface area contributed by atoms with E-state index in [2.05, 4.69) is 0 Å². The van der Waals surface area contributed by atoms with Crippen LogP contribution in [0.2, 0.25) is 0 Å². The molecule has 0 aliphatic carbocycles. The quantitative estimate of drug-likeness (QED) is 0.598. The van der Waals surface area contributed by atoms with E-state index in [9.17, 15) is 39.2 Å². The fourth-order valence-electron chi connectivity index (χ4n) is 0.531. The number of alkyl halides is 7. The molecule has 0 aliphatic rings. The van der Waals surface area contributed by atoms with Crippen molar-refractivity contribution in [1.82, 2.24) is 0 Å². The van der Waals surface area contributed by atoms with Crippen LogP contribution >= 0.6 is 0 Å². The Morgan fingerprint density at radius 2 is 1.25 bits per heavy atom. The Morgan fingerprint density at radius 1 is 0.938 bits per heavy atom. The van der Waals surface area contributed by atoms with E-state index in [1.165, 1.54) is 0 Å². The first-order chi connectivity index (χ1) is 6.65. The van der Waals surface area contributed by atoms with Crippen molar-refractivity contribution in [2.24, 2.45) is 0 Å². The number of rotatable bonds is 3. The maximum absolute atomic E-state index is 12.3. The van der Waals surface area contributed by atoms with Gasteiger partial charge in [0.25, 0.3) is 15.6 Å². The first-order valence-corrected chi connectivity index (χ1v) is 4.62. The van der Waals surface area contributed by atoms with E-state index in [0.717, 1.165) is 0 Å². The number of aliphatic hydroxyl groups is 1. The van der Waals surface area contributed by atoms with Gasteiger partial charge >= 0.3 is 18.0 Å². The zero-order valence-electron chi connectivity index (χ0n) is 6.84. The summed E-state index contributed by atoms with van der Waals surface area (Å²) in [5.41, 5.74) is -4.59. The van der Waals surface area contributed by atoms with Crippen LogP contribution in [0, 0.1) is 0 Å². The van der Waals surface area contributed by atoms with Crippen LogP contribution < -0.4 is 0 Å². The molecule has 16 heavy (non-hydrogen) atoms. The van der Waals surface area contributed by atoms with E-state index in [-0.39, 0.29) is 0 Å². The number of aliphatic hydroxyl groups excluding tert-OH is 1. The second-order valence-corrected chi connectivity index (χ2v) is 4.04. The Morgan fingerprint density at radius 3 is 1.44 bits per heavy atom. The highest BCUT2D eigenvalue weighted by atomic mass is 32.2. The van der Waals surface area contributed by atoms with E-state index < -0.39 is 33.6 Å². The summed E-state index contributed by atoms with van der Waals surface area (Å²) in [6, 6.07) is 0. The molecule has 0 saturated heterocycles. The van der Waals surface area contributed by atoms with Crippen molar-refractivity contribution >= 4 is 10.1 Å². The highest BCUT2D eigenvalue weighted by Crippen LogP contribution is 2.48. The van der Waals surface area contributed by atoms with E-state index in [4.69, 9.17) is 9.66 Å². The summed E-state index contributed by atoms with van der Waals surface area (Å²) < 4.78 is 111. The van der Waals surface area contributed by atoms with Gasteiger partial charge in [-0.05, 0) is 0 Å². The second-order valence-electron chi connectivity index (χ2n) is 2.56. The van der Waals surface area contributed by atoms with Crippen LogP contribution in [0.3, 0.4) is 0 Å². The average Bonchev–Trinajstić information content (AvgIpc) is 1.98. The molecule has 0 aliphatic heterocycles. The minimum Gasteiger partial charge on any atom is -0.370 e. The topological polar surface area (TPSA) is 74.6 Å². The first kappa shape index (κ1) is 15.4. The number of hydrogen-bond donors (Lipinski definition) is 2. The molecule has 2 N–H and O–H groups in total. The van der Waals surface area contributed by atoms with Crippen LogP contribution in [-0.2, 0) is 10.1 Å². The summed E-state index contributed by atoms with van der Waals surface area (Å²) in [6.07, 6.45) is -6.79. The predicted octanol–water partition coefficient (Wildman–Crippen LogP) is 1.03. The van der Waals surface area contributed by atoms with Gasteiger partial charge in [-0.1, -0.05) is 0 Å². The molecule has 0 heterocycles. The van der Waals surface area contributed by atoms with Crippen molar-refractivity contribution in [3.05, 3.63) is 0 Å². The molecule has 0 aromatic carbocycles. The van der Waals surface area contributed by atoms with Gasteiger partial charge in [-0.25, -0.2) is 0 Å². The van der Waals surface area contributed by atoms with Gasteiger partial charge in [0, 0.05) is 0 Å². The maximum atomic E-state index is 12.3. The molecular formula is C4H3F7O4S. The third kappa shape index (κ3) is 2.38. The summed E-state index contributed by atoms with van der Waals surface area (Å²) in [6.45, 7) is 0. The van der Waals surface area contributed by atoms with E-state index in [0.29, 0.717) is 0 Å². The molecule has 98 valence electrons. The summed E-state index contributed by atoms with van der Waals surface area (Å²) >= 11 is 0. The third-order valence-electron chi connectivity index (χ3n) is 1.37. The molecule has 12 heteroatoms. The standard InChI is InChI=1S/C4H3F7O4S/c5-2(6,1(12)16(13,14)15)3(7,8)4(9,10)11/h1,12H,(H,13,14,15)/t1-/m0/s1. The van der Waals surface area contributed by atoms with E-state index >= 15 is 0 Å². The molecule has 0 fully saturated rings. The molecule has 0 saturated carbocycles. The molecule has 0 rings (SSSR count). The molecule has 1 atom stereocenters. The molecule has 0 aromatic heterocycles. The van der Waals surface area contributed by atoms with Crippen LogP contribution in [0.15, 0.2) is 0 Å². The average molecular weight is 280 g/mol. The Bertz CT molecular complexity index is 357. The summed E-state index contributed by atoms with van der Waals surface area (Å²) in [4.78, 5) is 0. The molecule has 4 nitrogen and oxygen atoms in total. The molecule has 0 bridgehead atoms. The van der Waals surface area contributed by atoms with Crippen molar-refractivity contribution in [2.45, 2.75) is 23.5 Å². The van der Waals surface area contributed by atoms with Gasteiger partial charge in [0.05, 0.1) is 0 Å². The van der Waals surface area contributed by atoms with Gasteiger partial charge in [-0.15, -0.1) is 0 Å². The maximum Gasteiger partial charge on any atom is 0.460 e. The Balaban J connectivity index is 5.54. The Labute approximate surface area is 83.4 Å². The molecule has 0 aromatic rings. The largest absolute Gasteiger partial charge is 0.460 e. The molecule has 0 amide bonds. The first-order valence-electron chi connectivity index (χ1n) is 3.12. The van der Waals surface area contributed by atoms with Gasteiger partial charge in [0.15, 0.2) is 0 Å². The van der Waals surface area contributed by atoms with Crippen LogP contribution in [0.5, 0.6) is 0 Å². The number of hydrogen-bond acceptors (Lipinski definition) is 3. The number of halogens is 7. The van der Waals surface area contributed by atoms with Crippen molar-refractivity contribution in [3.8, 4) is 0 Å². The summed E-state index contributed by atoms with van der Waals surface area (Å²) in [7, 11) is -6.18. The molecule has 0 spiro atoms. The fraction of sp³-hybridized carbons (Fsp3) is 1.00. The Hall–Kier alpha value is -0.620. The van der Waals surface area contributed by atoms with Crippen LogP contribution in [0.25, 0.3) is 0 Å². The van der Waals surface area contributed by atoms with E-state index in [1.54, 1.807) is 0 Å². The molecule has 0 unspecified atom stereocenters. The van der Waals surface area contributed by atoms with Gasteiger partial charge in [0.2, 0.25) is 0 Å². The highest BCUT2D eigenvalue weighted by molar-refractivity contribution is 7.86. The van der Waals surface area contributed by atoms with Crippen molar-refractivity contribution in [3.63, 3.8) is 0 Å². The zero-order chi connectivity index (χ0) is 13.6. The molecule has 0 radical (unpaired) electrons. The smallest absolute Gasteiger partial charge is 0.370 e. The summed E-state index contributed by atoms with van der Waals surface area (Å²) in [5, 5.41) is 8.04. The third-order valence-corrected chi connectivity index (χ3v) is 2.23. The van der Waals surface area contributed by atoms with Crippen molar-refractivity contribution in [1.29, 1.82) is 0 Å². The lowest BCUT2D eigenvalue weighted by atomic mass is 10.2. The van der Waals surface area contributed by atoms with Crippen LogP contribution in [-0.4, -0.2) is 41.5 Å². The van der Waals surface area contributed by atoms with Gasteiger partial charge in [0.1, 0.15) is 0 Å². The lowest BCUT2D eigenvalue weighted by Gasteiger charge is -2.29. The van der Waals surface area contributed by atoms with Crippen molar-refractivity contribution in [2.75, 3.05) is 0 Å². The predicted molar refractivity (Wildman–Crippen MR) is 33.5 cm³/mol. The SMILES string of the molecule is O=S(=O)(O)[C@H](O)C(F)(F)C(F)(F)C(F)(F)F. The van der Waals surface area contributed by atoms with Gasteiger partial charge in [-0.3, -0.25) is 4.55 Å². The van der Waals surface area contributed by atoms with Gasteiger partial charge in [-0.2, -0.15) is 39.2 Å². The fourth-order valence-corrected chi connectivity index (χ4v) is 1.05. The van der Waals surface area contributed by atoms with Crippen LogP contribution in [0.4, 0.5) is 30.7 Å². The molecular weight excluding hydrogens is 277 g/mol. The zero-order valence-corrected chi connectivity index (χ0v) is 7.66. The monoisotopic (exact) mass is 280 g/mol. The highest BCUT2D eigenvalue weighted by Gasteiger charge is 2.77. The normalized spacial score (nSPS) is 17.3. The minimum absolute atomic E-state index is 4.59. The van der Waals surface area contributed by atoms with Gasteiger partial charge < -0.3 is 5.11 Å². The van der Waals surface area contributed by atoms with Crippen molar-refractivity contribution < 1.29 is 48.8 Å². The summed E-state index contributed by atoms with van der Waals surface area (Å²) in [5.74, 6) is -13.2. The second kappa shape index (κ2) is 3.70. The lowest BCUT2D eigenvalue weighted by molar-refractivity contribution is -0.364.